The number of rotatable bonds is 14. The maximum atomic E-state index is 12.8. The predicted molar refractivity (Wildman–Crippen MR) is 141 cm³/mol. The standard InChI is InChI=1S/C27H36N2O5S/c1-27(2,19-35-25(32)21-10-6-5-7-11-21)26(33)28-23(24(30)31)12-8-9-17-34-18-20-13-15-22(16-14-20)29(3)4/h5-7,10-11,13-16,23H,8-9,12,17-19H2,1-4H3,(H,28,33)(H,30,31)/t23-/m0/s1. The second-order valence-electron chi connectivity index (χ2n) is 9.30. The van der Waals surface area contributed by atoms with E-state index in [0.717, 1.165) is 23.0 Å². The summed E-state index contributed by atoms with van der Waals surface area (Å²) in [4.78, 5) is 38.8. The molecule has 7 nitrogen and oxygen atoms in total. The first-order valence-corrected chi connectivity index (χ1v) is 12.7. The number of hydrogen-bond acceptors (Lipinski definition) is 6. The number of thioether (sulfide) groups is 1. The van der Waals surface area contributed by atoms with E-state index in [0.29, 0.717) is 38.0 Å². The third-order valence-corrected chi connectivity index (χ3v) is 6.91. The number of anilines is 1. The highest BCUT2D eigenvalue weighted by molar-refractivity contribution is 8.14. The Hall–Kier alpha value is -2.84. The van der Waals surface area contributed by atoms with Crippen LogP contribution in [0.2, 0.25) is 0 Å². The molecule has 0 aliphatic carbocycles. The molecule has 1 atom stereocenters. The minimum absolute atomic E-state index is 0.116. The van der Waals surface area contributed by atoms with Crippen LogP contribution < -0.4 is 10.2 Å². The topological polar surface area (TPSA) is 95.9 Å². The van der Waals surface area contributed by atoms with Gasteiger partial charge in [0.1, 0.15) is 6.04 Å². The number of nitrogens with one attached hydrogen (secondary N) is 1. The van der Waals surface area contributed by atoms with Gasteiger partial charge in [0.2, 0.25) is 11.0 Å². The Morgan fingerprint density at radius 1 is 1.03 bits per heavy atom. The number of benzene rings is 2. The molecule has 35 heavy (non-hydrogen) atoms. The van der Waals surface area contributed by atoms with Crippen LogP contribution in [0, 0.1) is 5.41 Å². The lowest BCUT2D eigenvalue weighted by atomic mass is 9.94. The monoisotopic (exact) mass is 500 g/mol. The highest BCUT2D eigenvalue weighted by atomic mass is 32.2. The quantitative estimate of drug-likeness (QED) is 0.366. The SMILES string of the molecule is CN(C)c1ccc(COCCCC[C@H](NC(=O)C(C)(C)CSC(=O)c2ccccc2)C(=O)O)cc1. The fraction of sp³-hybridized carbons (Fsp3) is 0.444. The maximum Gasteiger partial charge on any atom is 0.326 e. The number of carboxylic acids is 1. The van der Waals surface area contributed by atoms with Crippen LogP contribution in [0.25, 0.3) is 0 Å². The summed E-state index contributed by atoms with van der Waals surface area (Å²) in [6.45, 7) is 4.44. The number of ether oxygens (including phenoxy) is 1. The van der Waals surface area contributed by atoms with Gasteiger partial charge in [0.25, 0.3) is 0 Å². The van der Waals surface area contributed by atoms with Crippen molar-refractivity contribution in [1.82, 2.24) is 5.32 Å². The van der Waals surface area contributed by atoms with Crippen molar-refractivity contribution < 1.29 is 24.2 Å². The molecule has 0 saturated heterocycles. The minimum atomic E-state index is -1.07. The van der Waals surface area contributed by atoms with Crippen molar-refractivity contribution in [2.75, 3.05) is 31.4 Å². The molecule has 2 aromatic rings. The first-order chi connectivity index (χ1) is 16.6. The van der Waals surface area contributed by atoms with Crippen LogP contribution in [-0.2, 0) is 20.9 Å². The zero-order valence-corrected chi connectivity index (χ0v) is 21.8. The molecule has 0 spiro atoms. The average Bonchev–Trinajstić information content (AvgIpc) is 2.84. The van der Waals surface area contributed by atoms with Gasteiger partial charge >= 0.3 is 5.97 Å². The smallest absolute Gasteiger partial charge is 0.326 e. The number of aliphatic carboxylic acids is 1. The predicted octanol–water partition coefficient (Wildman–Crippen LogP) is 4.61. The Kier molecular flexibility index (Phi) is 11.3. The van der Waals surface area contributed by atoms with E-state index in [1.54, 1.807) is 38.1 Å². The van der Waals surface area contributed by atoms with Crippen LogP contribution >= 0.6 is 11.8 Å². The first-order valence-electron chi connectivity index (χ1n) is 11.7. The van der Waals surface area contributed by atoms with Gasteiger partial charge in [-0.1, -0.05) is 68.1 Å². The van der Waals surface area contributed by atoms with E-state index in [9.17, 15) is 19.5 Å². The molecule has 0 saturated carbocycles. The Morgan fingerprint density at radius 2 is 1.69 bits per heavy atom. The fourth-order valence-electron chi connectivity index (χ4n) is 3.21. The Bertz CT molecular complexity index is 961. The van der Waals surface area contributed by atoms with Gasteiger partial charge < -0.3 is 20.1 Å². The van der Waals surface area contributed by atoms with Crippen LogP contribution in [0.15, 0.2) is 54.6 Å². The molecule has 0 bridgehead atoms. The van der Waals surface area contributed by atoms with Gasteiger partial charge in [-0.05, 0) is 37.0 Å². The third-order valence-electron chi connectivity index (χ3n) is 5.54. The lowest BCUT2D eigenvalue weighted by molar-refractivity contribution is -0.143. The van der Waals surface area contributed by atoms with Crippen molar-refractivity contribution in [3.05, 3.63) is 65.7 Å². The Balaban J connectivity index is 1.72. The molecule has 0 radical (unpaired) electrons. The number of nitrogens with zero attached hydrogens (tertiary/aromatic N) is 1. The number of carboxylic acid groups (broad SMARTS) is 1. The average molecular weight is 501 g/mol. The van der Waals surface area contributed by atoms with Crippen molar-refractivity contribution in [1.29, 1.82) is 0 Å². The first kappa shape index (κ1) is 28.4. The zero-order chi connectivity index (χ0) is 25.8. The number of unbranched alkanes of at least 4 members (excludes halogenated alkanes) is 1. The molecule has 0 unspecified atom stereocenters. The molecule has 190 valence electrons. The minimum Gasteiger partial charge on any atom is -0.480 e. The van der Waals surface area contributed by atoms with E-state index in [4.69, 9.17) is 4.74 Å². The molecule has 1 amide bonds. The van der Waals surface area contributed by atoms with Crippen LogP contribution in [-0.4, -0.2) is 54.6 Å². The van der Waals surface area contributed by atoms with Gasteiger partial charge in [0.05, 0.1) is 12.0 Å². The van der Waals surface area contributed by atoms with Crippen molar-refractivity contribution in [3.8, 4) is 0 Å². The van der Waals surface area contributed by atoms with Crippen molar-refractivity contribution in [3.63, 3.8) is 0 Å². The molecule has 0 aliphatic rings. The third kappa shape index (κ3) is 9.74. The van der Waals surface area contributed by atoms with Crippen LogP contribution in [0.5, 0.6) is 0 Å². The number of amides is 1. The summed E-state index contributed by atoms with van der Waals surface area (Å²) in [5.74, 6) is -1.19. The summed E-state index contributed by atoms with van der Waals surface area (Å²) in [5.41, 5.74) is 1.88. The second kappa shape index (κ2) is 13.9. The van der Waals surface area contributed by atoms with Gasteiger partial charge in [-0.15, -0.1) is 0 Å². The summed E-state index contributed by atoms with van der Waals surface area (Å²) < 4.78 is 5.71. The molecule has 2 rings (SSSR count). The summed E-state index contributed by atoms with van der Waals surface area (Å²) in [7, 11) is 3.98. The molecular weight excluding hydrogens is 464 g/mol. The number of hydrogen-bond donors (Lipinski definition) is 2. The van der Waals surface area contributed by atoms with Crippen LogP contribution in [0.4, 0.5) is 5.69 Å². The van der Waals surface area contributed by atoms with E-state index in [2.05, 4.69) is 5.32 Å². The molecule has 0 heterocycles. The van der Waals surface area contributed by atoms with Crippen LogP contribution in [0.1, 0.15) is 49.0 Å². The largest absolute Gasteiger partial charge is 0.480 e. The summed E-state index contributed by atoms with van der Waals surface area (Å²) in [6, 6.07) is 16.0. The fourth-order valence-corrected chi connectivity index (χ4v) is 4.14. The Morgan fingerprint density at radius 3 is 2.29 bits per heavy atom. The molecule has 0 aliphatic heterocycles. The van der Waals surface area contributed by atoms with E-state index >= 15 is 0 Å². The molecule has 0 fully saturated rings. The van der Waals surface area contributed by atoms with Crippen LogP contribution in [0.3, 0.4) is 0 Å². The lowest BCUT2D eigenvalue weighted by Crippen LogP contribution is -2.47. The van der Waals surface area contributed by atoms with Crippen molar-refractivity contribution >= 4 is 34.4 Å². The van der Waals surface area contributed by atoms with Crippen molar-refractivity contribution in [2.45, 2.75) is 45.8 Å². The van der Waals surface area contributed by atoms with E-state index in [-0.39, 0.29) is 16.8 Å². The molecule has 8 heteroatoms. The van der Waals surface area contributed by atoms with E-state index in [1.165, 1.54) is 0 Å². The van der Waals surface area contributed by atoms with Gasteiger partial charge in [0, 0.05) is 37.7 Å². The van der Waals surface area contributed by atoms with Gasteiger partial charge in [-0.25, -0.2) is 4.79 Å². The second-order valence-corrected chi connectivity index (χ2v) is 10.2. The van der Waals surface area contributed by atoms with Gasteiger partial charge in [-0.2, -0.15) is 0 Å². The number of carbonyl (C=O) groups is 3. The van der Waals surface area contributed by atoms with Crippen molar-refractivity contribution in [2.24, 2.45) is 5.41 Å². The van der Waals surface area contributed by atoms with Gasteiger partial charge in [-0.3, -0.25) is 9.59 Å². The van der Waals surface area contributed by atoms with E-state index in [1.807, 2.05) is 49.3 Å². The highest BCUT2D eigenvalue weighted by Gasteiger charge is 2.32. The molecule has 2 aromatic carbocycles. The Labute approximate surface area is 212 Å². The van der Waals surface area contributed by atoms with Gasteiger partial charge in [0.15, 0.2) is 0 Å². The lowest BCUT2D eigenvalue weighted by Gasteiger charge is -2.25. The zero-order valence-electron chi connectivity index (χ0n) is 21.0. The summed E-state index contributed by atoms with van der Waals surface area (Å²) >= 11 is 1.06. The van der Waals surface area contributed by atoms with E-state index < -0.39 is 17.4 Å². The highest BCUT2D eigenvalue weighted by Crippen LogP contribution is 2.25. The maximum absolute atomic E-state index is 12.8. The summed E-state index contributed by atoms with van der Waals surface area (Å²) in [6.07, 6.45) is 1.62. The number of carbonyl (C=O) groups excluding carboxylic acids is 2. The molecule has 2 N–H and O–H groups in total. The normalized spacial score (nSPS) is 12.1. The molecular formula is C27H36N2O5S. The summed E-state index contributed by atoms with van der Waals surface area (Å²) in [5, 5.41) is 12.1. The molecule has 0 aromatic heterocycles.